The molecule has 5 nitrogen and oxygen atoms in total. The van der Waals surface area contributed by atoms with Crippen LogP contribution in [-0.2, 0) is 6.54 Å². The highest BCUT2D eigenvalue weighted by molar-refractivity contribution is 6.04. The number of para-hydroxylation sites is 2. The Balaban J connectivity index is 0.000000590. The van der Waals surface area contributed by atoms with Crippen molar-refractivity contribution in [2.24, 2.45) is 16.5 Å². The number of aromatic nitrogens is 1. The van der Waals surface area contributed by atoms with Crippen molar-refractivity contribution >= 4 is 45.9 Å². The number of allylic oxidation sites excluding steroid dienone is 7. The molecule has 6 aromatic rings. The minimum Gasteiger partial charge on any atom is -0.337 e. The molecule has 0 amide bonds. The molecule has 0 fully saturated rings. The summed E-state index contributed by atoms with van der Waals surface area (Å²) in [6.45, 7) is 13.5. The van der Waals surface area contributed by atoms with Crippen LogP contribution in [0.25, 0.3) is 27.8 Å². The molecule has 1 heterocycles. The molecule has 5 aromatic carbocycles. The number of hydrogen-bond acceptors (Lipinski definition) is 4. The van der Waals surface area contributed by atoms with Gasteiger partial charge in [-0.1, -0.05) is 160 Å². The molecule has 0 aliphatic carbocycles. The van der Waals surface area contributed by atoms with Gasteiger partial charge in [-0.05, 0) is 83.7 Å². The molecule has 0 saturated carbocycles. The summed E-state index contributed by atoms with van der Waals surface area (Å²) in [7, 11) is 0. The third-order valence-corrected chi connectivity index (χ3v) is 9.09. The Kier molecular flexibility index (Phi) is 16.8. The first kappa shape index (κ1) is 41.6. The maximum atomic E-state index is 6.82. The van der Waals surface area contributed by atoms with E-state index in [1.165, 1.54) is 17.0 Å². The van der Waals surface area contributed by atoms with Gasteiger partial charge in [0.25, 0.3) is 0 Å². The number of fused-ring (bicyclic) bond motifs is 2. The van der Waals surface area contributed by atoms with E-state index >= 15 is 0 Å². The standard InChI is InChI=1S/C41H42N4.C7H7N.C2H6/c1-4-5-7-14-30(2)31(3)25-41-38(29-44-36-17-8-6-9-18-36)37-19-12-13-20-40(37)45(41)24-23-32(28-42)26-39(43)35-22-21-33-15-10-11-16-34(33)27-35;8-6-7-4-2-1-3-5-7;1-2/h4-23,25,27,29,39H,2,24,26,28,42-43H2,1,3H3;1-6,8H;1-2H3/b5-4-,14-7-,31-25+,32-23-,44-29?;;. The summed E-state index contributed by atoms with van der Waals surface area (Å²) >= 11 is 0. The predicted molar refractivity (Wildman–Crippen MR) is 241 cm³/mol. The van der Waals surface area contributed by atoms with Crippen molar-refractivity contribution in [2.45, 2.75) is 46.7 Å². The van der Waals surface area contributed by atoms with E-state index in [1.54, 1.807) is 0 Å². The van der Waals surface area contributed by atoms with Crippen LogP contribution in [0.4, 0.5) is 5.69 Å². The van der Waals surface area contributed by atoms with Gasteiger partial charge in [0.05, 0.1) is 11.4 Å². The summed E-state index contributed by atoms with van der Waals surface area (Å²) in [6.07, 6.45) is 16.5. The average Bonchev–Trinajstić information content (AvgIpc) is 3.54. The molecule has 0 bridgehead atoms. The topological polar surface area (TPSA) is 93.2 Å². The van der Waals surface area contributed by atoms with E-state index in [0.717, 1.165) is 55.7 Å². The first-order valence-corrected chi connectivity index (χ1v) is 19.0. The summed E-state index contributed by atoms with van der Waals surface area (Å²) in [5.41, 5.74) is 22.5. The van der Waals surface area contributed by atoms with Gasteiger partial charge in [-0.3, -0.25) is 4.99 Å². The lowest BCUT2D eigenvalue weighted by Crippen LogP contribution is -2.15. The molecule has 0 aliphatic heterocycles. The van der Waals surface area contributed by atoms with Crippen molar-refractivity contribution in [3.05, 3.63) is 203 Å². The summed E-state index contributed by atoms with van der Waals surface area (Å²) < 4.78 is 2.34. The van der Waals surface area contributed by atoms with E-state index < -0.39 is 0 Å². The molecule has 1 atom stereocenters. The van der Waals surface area contributed by atoms with Crippen molar-refractivity contribution in [1.82, 2.24) is 4.57 Å². The molecule has 55 heavy (non-hydrogen) atoms. The monoisotopic (exact) mass is 725 g/mol. The van der Waals surface area contributed by atoms with Crippen molar-refractivity contribution in [2.75, 3.05) is 6.54 Å². The van der Waals surface area contributed by atoms with E-state index in [9.17, 15) is 0 Å². The Morgan fingerprint density at radius 3 is 2.16 bits per heavy atom. The molecule has 5 N–H and O–H groups in total. The highest BCUT2D eigenvalue weighted by Crippen LogP contribution is 2.30. The van der Waals surface area contributed by atoms with Gasteiger partial charge in [0.15, 0.2) is 0 Å². The number of aliphatic imine (C=N–C) groups is 1. The van der Waals surface area contributed by atoms with Gasteiger partial charge in [-0.2, -0.15) is 0 Å². The van der Waals surface area contributed by atoms with Crippen LogP contribution < -0.4 is 11.5 Å². The molecule has 6 rings (SSSR count). The molecular weight excluding hydrogens is 671 g/mol. The first-order valence-electron chi connectivity index (χ1n) is 19.0. The predicted octanol–water partition coefficient (Wildman–Crippen LogP) is 12.3. The van der Waals surface area contributed by atoms with Crippen LogP contribution in [0.15, 0.2) is 186 Å². The Morgan fingerprint density at radius 2 is 1.49 bits per heavy atom. The maximum Gasteiger partial charge on any atom is 0.0629 e. The second-order valence-corrected chi connectivity index (χ2v) is 12.8. The molecule has 0 spiro atoms. The maximum absolute atomic E-state index is 6.82. The number of hydrogen-bond donors (Lipinski definition) is 3. The quantitative estimate of drug-likeness (QED) is 0.0628. The third-order valence-electron chi connectivity index (χ3n) is 9.09. The number of nitrogens with one attached hydrogen (secondary N) is 1. The third kappa shape index (κ3) is 11.9. The molecule has 0 radical (unpaired) electrons. The zero-order valence-corrected chi connectivity index (χ0v) is 32.7. The van der Waals surface area contributed by atoms with Crippen LogP contribution in [0.3, 0.4) is 0 Å². The van der Waals surface area contributed by atoms with Gasteiger partial charge in [0.2, 0.25) is 0 Å². The van der Waals surface area contributed by atoms with E-state index in [0.29, 0.717) is 19.5 Å². The van der Waals surface area contributed by atoms with Gasteiger partial charge in [0.1, 0.15) is 0 Å². The van der Waals surface area contributed by atoms with Gasteiger partial charge in [-0.15, -0.1) is 0 Å². The fourth-order valence-corrected chi connectivity index (χ4v) is 6.06. The summed E-state index contributed by atoms with van der Waals surface area (Å²) in [5.74, 6) is 0. The highest BCUT2D eigenvalue weighted by atomic mass is 15.0. The van der Waals surface area contributed by atoms with Crippen LogP contribution in [-0.4, -0.2) is 23.5 Å². The van der Waals surface area contributed by atoms with E-state index in [4.69, 9.17) is 21.9 Å². The van der Waals surface area contributed by atoms with Crippen molar-refractivity contribution < 1.29 is 0 Å². The SMILES string of the molecule is C=C(/C=C\C=C/C)/C(C)=C/c1c(C=Nc2ccccc2)c2ccccc2n1C/C=C(\CN)CC(N)c1ccc2ccccc2c1.CC.N=Cc1ccccc1. The fourth-order valence-electron chi connectivity index (χ4n) is 6.06. The summed E-state index contributed by atoms with van der Waals surface area (Å²) in [6, 6.07) is 42.8. The first-order chi connectivity index (χ1) is 26.9. The van der Waals surface area contributed by atoms with E-state index in [2.05, 4.69) is 97.0 Å². The molecule has 1 unspecified atom stereocenters. The van der Waals surface area contributed by atoms with E-state index in [1.807, 2.05) is 112 Å². The zero-order chi connectivity index (χ0) is 39.4. The second kappa shape index (κ2) is 22.2. The average molecular weight is 726 g/mol. The summed E-state index contributed by atoms with van der Waals surface area (Å²) in [4.78, 5) is 4.85. The van der Waals surface area contributed by atoms with Crippen molar-refractivity contribution in [1.29, 1.82) is 5.41 Å². The normalized spacial score (nSPS) is 12.5. The van der Waals surface area contributed by atoms with E-state index in [-0.39, 0.29) is 6.04 Å². The van der Waals surface area contributed by atoms with Crippen molar-refractivity contribution in [3.63, 3.8) is 0 Å². The fraction of sp³-hybridized carbons (Fsp3) is 0.160. The van der Waals surface area contributed by atoms with Crippen LogP contribution in [0.5, 0.6) is 0 Å². The molecule has 1 aromatic heterocycles. The molecular formula is C50H55N5. The minimum absolute atomic E-state index is 0.145. The number of benzene rings is 5. The summed E-state index contributed by atoms with van der Waals surface area (Å²) in [5, 5.41) is 10.4. The lowest BCUT2D eigenvalue weighted by molar-refractivity contribution is 0.698. The van der Waals surface area contributed by atoms with Crippen LogP contribution in [0, 0.1) is 5.41 Å². The Morgan fingerprint density at radius 1 is 0.836 bits per heavy atom. The number of nitrogens with two attached hydrogens (primary N) is 2. The lowest BCUT2D eigenvalue weighted by Gasteiger charge is -2.16. The highest BCUT2D eigenvalue weighted by Gasteiger charge is 2.15. The van der Waals surface area contributed by atoms with Crippen LogP contribution in [0.2, 0.25) is 0 Å². The number of rotatable bonds is 13. The van der Waals surface area contributed by atoms with Gasteiger partial charge < -0.3 is 21.4 Å². The molecule has 0 aliphatic rings. The molecule has 5 heteroatoms. The number of nitrogens with zero attached hydrogens (tertiary/aromatic N) is 2. The smallest absolute Gasteiger partial charge is 0.0629 e. The lowest BCUT2D eigenvalue weighted by atomic mass is 9.97. The van der Waals surface area contributed by atoms with Gasteiger partial charge in [-0.25, -0.2) is 0 Å². The van der Waals surface area contributed by atoms with Crippen molar-refractivity contribution in [3.8, 4) is 0 Å². The van der Waals surface area contributed by atoms with Gasteiger partial charge >= 0.3 is 0 Å². The van der Waals surface area contributed by atoms with Gasteiger partial charge in [0, 0.05) is 48.0 Å². The Labute approximate surface area is 328 Å². The van der Waals surface area contributed by atoms with Crippen LogP contribution in [0.1, 0.15) is 62.5 Å². The van der Waals surface area contributed by atoms with Crippen LogP contribution >= 0.6 is 0 Å². The second-order valence-electron chi connectivity index (χ2n) is 12.8. The zero-order valence-electron chi connectivity index (χ0n) is 32.7. The molecule has 280 valence electrons. The Bertz CT molecular complexity index is 2290. The minimum atomic E-state index is -0.145. The molecule has 0 saturated heterocycles. The Hall–Kier alpha value is -6.14. The largest absolute Gasteiger partial charge is 0.337 e.